The van der Waals surface area contributed by atoms with Gasteiger partial charge in [-0.25, -0.2) is 13.2 Å². The van der Waals surface area contributed by atoms with Crippen LogP contribution in [0.15, 0.2) is 90.5 Å². The molecular formula is C43H52N2O16S. The number of esters is 3. The van der Waals surface area contributed by atoms with E-state index in [-0.39, 0.29) is 35.9 Å². The van der Waals surface area contributed by atoms with Crippen LogP contribution >= 0.6 is 0 Å². The van der Waals surface area contributed by atoms with E-state index < -0.39 is 79.9 Å². The predicted octanol–water partition coefficient (Wildman–Crippen LogP) is 5.07. The third-order valence-electron chi connectivity index (χ3n) is 10.5. The van der Waals surface area contributed by atoms with Crippen molar-refractivity contribution in [2.45, 2.75) is 125 Å². The number of sulfone groups is 1. The van der Waals surface area contributed by atoms with Gasteiger partial charge in [-0.1, -0.05) is 55.5 Å². The van der Waals surface area contributed by atoms with Crippen LogP contribution in [0.1, 0.15) is 84.0 Å². The first kappa shape index (κ1) is 47.3. The Labute approximate surface area is 358 Å². The van der Waals surface area contributed by atoms with Crippen molar-refractivity contribution in [3.8, 4) is 11.6 Å². The lowest BCUT2D eigenvalue weighted by molar-refractivity contribution is -0.832. The van der Waals surface area contributed by atoms with Gasteiger partial charge in [0.1, 0.15) is 28.8 Å². The number of aromatic nitrogens is 2. The fourth-order valence-electron chi connectivity index (χ4n) is 7.47. The van der Waals surface area contributed by atoms with Gasteiger partial charge in [0.15, 0.2) is 12.2 Å². The summed E-state index contributed by atoms with van der Waals surface area (Å²) in [5.41, 5.74) is -2.28. The van der Waals surface area contributed by atoms with E-state index in [4.69, 9.17) is 37.6 Å². The molecule has 6 atom stereocenters. The van der Waals surface area contributed by atoms with Gasteiger partial charge in [0, 0.05) is 12.5 Å². The Morgan fingerprint density at radius 2 is 1.63 bits per heavy atom. The molecule has 0 aliphatic carbocycles. The van der Waals surface area contributed by atoms with Gasteiger partial charge in [-0.05, 0) is 76.0 Å². The number of rotatable bonds is 21. The molecule has 5 rings (SSSR count). The fourth-order valence-corrected chi connectivity index (χ4v) is 8.76. The standard InChI is InChI=1S/C43H52N2O16S/c1-7-34-42(4)41(56-29(3)46)43(5,60-34)38(32(59-42)22-16-9-8-15-21-31-28(2)33(53-6)27-37(49)57-31)58-36(48)24-23-35(47)54-25-17-10-11-18-26-55-39-40(45(50)61-44-39)62(51,52)30-19-13-12-14-20-30/h8-9,12-16,19-22,27,32,34,38,41H,7,10-11,17-18,23-26H2,1-6H3/b9-8+,21-15+,22-16+/t32-,34+,38+,41+,42-,43+/m0/s1. The van der Waals surface area contributed by atoms with Crippen LogP contribution in [0.3, 0.4) is 0 Å². The van der Waals surface area contributed by atoms with Gasteiger partial charge in [0.25, 0.3) is 9.84 Å². The second-order valence-electron chi connectivity index (χ2n) is 15.0. The summed E-state index contributed by atoms with van der Waals surface area (Å²) < 4.78 is 76.3. The number of allylic oxidation sites excluding steroid dienone is 4. The number of methoxy groups -OCH3 is 1. The first-order valence-corrected chi connectivity index (χ1v) is 21.6. The van der Waals surface area contributed by atoms with Gasteiger partial charge in [-0.15, -0.1) is 0 Å². The molecule has 0 unspecified atom stereocenters. The molecule has 2 bridgehead atoms. The Morgan fingerprint density at radius 3 is 2.32 bits per heavy atom. The van der Waals surface area contributed by atoms with E-state index in [1.807, 2.05) is 6.92 Å². The average molecular weight is 885 g/mol. The van der Waals surface area contributed by atoms with Crippen LogP contribution in [-0.2, 0) is 47.9 Å². The minimum Gasteiger partial charge on any atom is -0.496 e. The highest BCUT2D eigenvalue weighted by Crippen LogP contribution is 2.52. The summed E-state index contributed by atoms with van der Waals surface area (Å²) in [7, 11) is -2.76. The molecule has 0 spiro atoms. The van der Waals surface area contributed by atoms with Crippen molar-refractivity contribution >= 4 is 33.8 Å². The number of carbonyl (C=O) groups is 3. The zero-order chi connectivity index (χ0) is 45.1. The number of fused-ring (bicyclic) bond motifs is 2. The molecule has 0 saturated carbocycles. The molecule has 1 aromatic carbocycles. The number of ether oxygens (including phenoxy) is 7. The number of hydrogen-bond donors (Lipinski definition) is 0. The van der Waals surface area contributed by atoms with Gasteiger partial charge in [0.05, 0.1) is 55.4 Å². The van der Waals surface area contributed by atoms with E-state index in [1.54, 1.807) is 63.3 Å². The molecule has 19 heteroatoms. The maximum atomic E-state index is 13.3. The summed E-state index contributed by atoms with van der Waals surface area (Å²) in [4.78, 5) is 49.7. The lowest BCUT2D eigenvalue weighted by Crippen LogP contribution is -2.66. The van der Waals surface area contributed by atoms with Gasteiger partial charge in [0.2, 0.25) is 0 Å². The van der Waals surface area contributed by atoms with Crippen molar-refractivity contribution in [3.05, 3.63) is 93.7 Å². The molecule has 0 N–H and O–H groups in total. The van der Waals surface area contributed by atoms with Crippen molar-refractivity contribution in [1.82, 2.24) is 5.16 Å². The Hall–Kier alpha value is -5.79. The SMILES string of the molecule is CC[C@H]1O[C@@]2(C)[C@H](OC(C)=O)[C@@]1(C)O[C@@H](/C=C/C=C/C=C/c1oc(=O)cc(OC)c1C)[C@H]2OC(=O)CCC(=O)OCCCCCCOc1no[n+]([O-])c1S(=O)(=O)c1ccccc1. The molecule has 3 aromatic rings. The lowest BCUT2D eigenvalue weighted by atomic mass is 9.77. The molecule has 62 heavy (non-hydrogen) atoms. The molecule has 336 valence electrons. The molecule has 2 fully saturated rings. The number of carbonyl (C=O) groups excluding carboxylic acids is 3. The van der Waals surface area contributed by atoms with E-state index >= 15 is 0 Å². The maximum absolute atomic E-state index is 13.3. The van der Waals surface area contributed by atoms with Gasteiger partial charge in [-0.2, -0.15) is 0 Å². The largest absolute Gasteiger partial charge is 0.496 e. The van der Waals surface area contributed by atoms with Crippen molar-refractivity contribution in [2.24, 2.45) is 0 Å². The summed E-state index contributed by atoms with van der Waals surface area (Å²) in [6, 6.07) is 8.63. The van der Waals surface area contributed by atoms with Gasteiger partial charge in [-0.3, -0.25) is 19.0 Å². The van der Waals surface area contributed by atoms with Crippen LogP contribution in [0.4, 0.5) is 0 Å². The highest BCUT2D eigenvalue weighted by molar-refractivity contribution is 7.91. The average Bonchev–Trinajstić information content (AvgIpc) is 3.69. The van der Waals surface area contributed by atoms with Crippen LogP contribution in [-0.4, -0.2) is 87.4 Å². The third-order valence-corrected chi connectivity index (χ3v) is 12.2. The summed E-state index contributed by atoms with van der Waals surface area (Å²) in [5, 5.41) is 14.8. The normalized spacial score (nSPS) is 23.5. The summed E-state index contributed by atoms with van der Waals surface area (Å²) in [6.07, 6.45) is 8.96. The Bertz CT molecular complexity index is 2300. The Balaban J connectivity index is 1.11. The second-order valence-corrected chi connectivity index (χ2v) is 16.8. The van der Waals surface area contributed by atoms with Crippen molar-refractivity contribution in [3.63, 3.8) is 0 Å². The number of hydrogen-bond acceptors (Lipinski definition) is 17. The number of nitrogens with zero attached hydrogens (tertiary/aromatic N) is 2. The van der Waals surface area contributed by atoms with Crippen LogP contribution in [0.2, 0.25) is 0 Å². The second kappa shape index (κ2) is 20.9. The summed E-state index contributed by atoms with van der Waals surface area (Å²) >= 11 is 0. The van der Waals surface area contributed by atoms with E-state index in [1.165, 1.54) is 44.4 Å². The molecule has 2 saturated heterocycles. The quantitative estimate of drug-likeness (QED) is 0.0447. The molecule has 2 aromatic heterocycles. The molecule has 2 aliphatic rings. The molecule has 0 amide bonds. The molecule has 18 nitrogen and oxygen atoms in total. The molecule has 4 heterocycles. The highest BCUT2D eigenvalue weighted by atomic mass is 32.2. The zero-order valence-electron chi connectivity index (χ0n) is 35.4. The Morgan fingerprint density at radius 1 is 0.935 bits per heavy atom. The predicted molar refractivity (Wildman–Crippen MR) is 217 cm³/mol. The minimum absolute atomic E-state index is 0.0548. The zero-order valence-corrected chi connectivity index (χ0v) is 36.3. The first-order valence-electron chi connectivity index (χ1n) is 20.2. The fraction of sp³-hybridized carbons (Fsp3) is 0.488. The monoisotopic (exact) mass is 884 g/mol. The van der Waals surface area contributed by atoms with E-state index in [0.717, 1.165) is 0 Å². The van der Waals surface area contributed by atoms with Crippen molar-refractivity contribution in [2.75, 3.05) is 20.3 Å². The summed E-state index contributed by atoms with van der Waals surface area (Å²) in [6.45, 7) is 8.61. The van der Waals surface area contributed by atoms with Gasteiger partial charge < -0.3 is 42.8 Å². The maximum Gasteiger partial charge on any atom is 0.414 e. The van der Waals surface area contributed by atoms with Crippen molar-refractivity contribution in [1.29, 1.82) is 0 Å². The topological polar surface area (TPSA) is 233 Å². The number of unbranched alkanes of at least 4 members (excludes halogenated alkanes) is 3. The lowest BCUT2D eigenvalue weighted by Gasteiger charge is -2.48. The first-order chi connectivity index (χ1) is 29.5. The van der Waals surface area contributed by atoms with Crippen LogP contribution in [0.5, 0.6) is 11.6 Å². The summed E-state index contributed by atoms with van der Waals surface area (Å²) in [5.74, 6) is -1.57. The van der Waals surface area contributed by atoms with Crippen molar-refractivity contribution < 1.29 is 69.9 Å². The Kier molecular flexibility index (Phi) is 15.9. The van der Waals surface area contributed by atoms with E-state index in [2.05, 4.69) is 9.79 Å². The molecule has 0 radical (unpaired) electrons. The number of benzene rings is 1. The smallest absolute Gasteiger partial charge is 0.414 e. The molecular weight excluding hydrogens is 833 g/mol. The highest BCUT2D eigenvalue weighted by Gasteiger charge is 2.71. The minimum atomic E-state index is -4.23. The van der Waals surface area contributed by atoms with Crippen LogP contribution < -0.4 is 20.0 Å². The third kappa shape index (κ3) is 11.0. The van der Waals surface area contributed by atoms with E-state index in [0.29, 0.717) is 49.2 Å². The van der Waals surface area contributed by atoms with E-state index in [9.17, 15) is 32.8 Å². The van der Waals surface area contributed by atoms with Crippen LogP contribution in [0.25, 0.3) is 6.08 Å². The van der Waals surface area contributed by atoms with Crippen LogP contribution in [0, 0.1) is 12.1 Å². The molecule has 2 aliphatic heterocycles. The van der Waals surface area contributed by atoms with Gasteiger partial charge >= 0.3 is 34.4 Å².